The van der Waals surface area contributed by atoms with Crippen LogP contribution in [0.2, 0.25) is 0 Å². The lowest BCUT2D eigenvalue weighted by atomic mass is 9.79. The molecule has 98 valence electrons. The normalized spacial score (nSPS) is 18.1. The first-order chi connectivity index (χ1) is 8.46. The summed E-state index contributed by atoms with van der Waals surface area (Å²) in [5.74, 6) is -3.06. The highest BCUT2D eigenvalue weighted by Gasteiger charge is 2.44. The third-order valence-electron chi connectivity index (χ3n) is 3.00. The van der Waals surface area contributed by atoms with Gasteiger partial charge in [0.25, 0.3) is 0 Å². The van der Waals surface area contributed by atoms with Gasteiger partial charge in [0.2, 0.25) is 5.92 Å². The zero-order valence-electron chi connectivity index (χ0n) is 9.70. The molecule has 1 aliphatic carbocycles. The Morgan fingerprint density at radius 1 is 1.50 bits per heavy atom. The standard InChI is InChI=1S/C12H14F2N2O2/c13-12(14)6-8(7-12)4-5-15-10-3-1-2-9(16-10)11(17)18/h1-3,8H,4-7H2,(H,15,16)(H,17,18). The Kier molecular flexibility index (Phi) is 3.45. The number of halogens is 2. The molecule has 2 N–H and O–H groups in total. The zero-order valence-corrected chi connectivity index (χ0v) is 9.70. The number of hydrogen-bond donors (Lipinski definition) is 2. The van der Waals surface area contributed by atoms with Crippen molar-refractivity contribution >= 4 is 11.8 Å². The maximum atomic E-state index is 12.6. The van der Waals surface area contributed by atoms with Gasteiger partial charge in [0.15, 0.2) is 5.69 Å². The fourth-order valence-electron chi connectivity index (χ4n) is 2.05. The van der Waals surface area contributed by atoms with E-state index in [0.717, 1.165) is 0 Å². The number of nitrogens with zero attached hydrogens (tertiary/aromatic N) is 1. The molecule has 0 spiro atoms. The van der Waals surface area contributed by atoms with Gasteiger partial charge in [-0.3, -0.25) is 0 Å². The number of hydrogen-bond acceptors (Lipinski definition) is 3. The number of aromatic carboxylic acids is 1. The summed E-state index contributed by atoms with van der Waals surface area (Å²) in [6, 6.07) is 4.65. The SMILES string of the molecule is O=C(O)c1cccc(NCCC2CC(F)(F)C2)n1. The fraction of sp³-hybridized carbons (Fsp3) is 0.500. The Morgan fingerprint density at radius 2 is 2.22 bits per heavy atom. The summed E-state index contributed by atoms with van der Waals surface area (Å²) in [4.78, 5) is 14.6. The summed E-state index contributed by atoms with van der Waals surface area (Å²) < 4.78 is 25.2. The first kappa shape index (κ1) is 12.7. The van der Waals surface area contributed by atoms with Crippen LogP contribution in [0.5, 0.6) is 0 Å². The number of nitrogens with one attached hydrogen (secondary N) is 1. The quantitative estimate of drug-likeness (QED) is 0.850. The highest BCUT2D eigenvalue weighted by atomic mass is 19.3. The van der Waals surface area contributed by atoms with Crippen molar-refractivity contribution < 1.29 is 18.7 Å². The molecular formula is C12H14F2N2O2. The van der Waals surface area contributed by atoms with Crippen LogP contribution in [0, 0.1) is 5.92 Å². The molecule has 18 heavy (non-hydrogen) atoms. The third-order valence-corrected chi connectivity index (χ3v) is 3.00. The molecule has 0 atom stereocenters. The monoisotopic (exact) mass is 256 g/mol. The van der Waals surface area contributed by atoms with Crippen molar-refractivity contribution in [1.29, 1.82) is 0 Å². The Morgan fingerprint density at radius 3 is 2.83 bits per heavy atom. The van der Waals surface area contributed by atoms with Gasteiger partial charge in [0.05, 0.1) is 0 Å². The van der Waals surface area contributed by atoms with E-state index in [4.69, 9.17) is 5.11 Å². The number of aromatic nitrogens is 1. The molecule has 0 amide bonds. The van der Waals surface area contributed by atoms with Crippen molar-refractivity contribution in [2.24, 2.45) is 5.92 Å². The van der Waals surface area contributed by atoms with Crippen LogP contribution in [-0.4, -0.2) is 28.5 Å². The number of carboxylic acids is 1. The summed E-state index contributed by atoms with van der Waals surface area (Å²) in [5.41, 5.74) is -0.0322. The molecule has 1 aromatic rings. The molecule has 0 aliphatic heterocycles. The minimum absolute atomic E-state index is 0.0322. The second-order valence-corrected chi connectivity index (χ2v) is 4.56. The van der Waals surface area contributed by atoms with Gasteiger partial charge < -0.3 is 10.4 Å². The molecule has 1 aliphatic rings. The van der Waals surface area contributed by atoms with E-state index >= 15 is 0 Å². The number of alkyl halides is 2. The van der Waals surface area contributed by atoms with Crippen molar-refractivity contribution in [1.82, 2.24) is 4.98 Å². The highest BCUT2D eigenvalue weighted by molar-refractivity contribution is 5.85. The van der Waals surface area contributed by atoms with Gasteiger partial charge in [-0.15, -0.1) is 0 Å². The lowest BCUT2D eigenvalue weighted by Gasteiger charge is -2.34. The van der Waals surface area contributed by atoms with Crippen LogP contribution in [0.3, 0.4) is 0 Å². The molecule has 1 aromatic heterocycles. The van der Waals surface area contributed by atoms with Crippen molar-refractivity contribution in [3.05, 3.63) is 23.9 Å². The largest absolute Gasteiger partial charge is 0.477 e. The molecule has 4 nitrogen and oxygen atoms in total. The van der Waals surface area contributed by atoms with Crippen LogP contribution in [0.4, 0.5) is 14.6 Å². The van der Waals surface area contributed by atoms with Crippen molar-refractivity contribution in [3.8, 4) is 0 Å². The summed E-state index contributed by atoms with van der Waals surface area (Å²) in [7, 11) is 0. The van der Waals surface area contributed by atoms with E-state index in [9.17, 15) is 13.6 Å². The molecule has 1 fully saturated rings. The van der Waals surface area contributed by atoms with Crippen LogP contribution < -0.4 is 5.32 Å². The lowest BCUT2D eigenvalue weighted by molar-refractivity contribution is -0.111. The topological polar surface area (TPSA) is 62.2 Å². The van der Waals surface area contributed by atoms with Crippen molar-refractivity contribution in [2.45, 2.75) is 25.2 Å². The fourth-order valence-corrected chi connectivity index (χ4v) is 2.05. The average Bonchev–Trinajstić information content (AvgIpc) is 2.27. The predicted octanol–water partition coefficient (Wildman–Crippen LogP) is 2.63. The summed E-state index contributed by atoms with van der Waals surface area (Å²) in [5, 5.41) is 11.7. The number of pyridine rings is 1. The molecule has 0 saturated heterocycles. The van der Waals surface area contributed by atoms with E-state index in [2.05, 4.69) is 10.3 Å². The van der Waals surface area contributed by atoms with Gasteiger partial charge in [-0.1, -0.05) is 6.07 Å². The minimum Gasteiger partial charge on any atom is -0.477 e. The Bertz CT molecular complexity index is 443. The van der Waals surface area contributed by atoms with Crippen LogP contribution in [0.15, 0.2) is 18.2 Å². The van der Waals surface area contributed by atoms with E-state index < -0.39 is 11.9 Å². The van der Waals surface area contributed by atoms with Gasteiger partial charge in [-0.2, -0.15) is 0 Å². The smallest absolute Gasteiger partial charge is 0.354 e. The summed E-state index contributed by atoms with van der Waals surface area (Å²) in [6.07, 6.45) is 0.559. The average molecular weight is 256 g/mol. The Balaban J connectivity index is 1.77. The zero-order chi connectivity index (χ0) is 13.2. The maximum Gasteiger partial charge on any atom is 0.354 e. The van der Waals surface area contributed by atoms with E-state index in [1.54, 1.807) is 12.1 Å². The highest BCUT2D eigenvalue weighted by Crippen LogP contribution is 2.43. The number of carbonyl (C=O) groups is 1. The van der Waals surface area contributed by atoms with E-state index in [0.29, 0.717) is 18.8 Å². The third kappa shape index (κ3) is 3.15. The Hall–Kier alpha value is -1.72. The second kappa shape index (κ2) is 4.88. The van der Waals surface area contributed by atoms with Crippen molar-refractivity contribution in [3.63, 3.8) is 0 Å². The van der Waals surface area contributed by atoms with E-state index in [1.165, 1.54) is 6.07 Å². The number of carboxylic acid groups (broad SMARTS) is 1. The van der Waals surface area contributed by atoms with Gasteiger partial charge in [-0.05, 0) is 24.5 Å². The summed E-state index contributed by atoms with van der Waals surface area (Å²) >= 11 is 0. The maximum absolute atomic E-state index is 12.6. The molecule has 0 bridgehead atoms. The van der Waals surface area contributed by atoms with E-state index in [1.807, 2.05) is 0 Å². The molecule has 0 unspecified atom stereocenters. The second-order valence-electron chi connectivity index (χ2n) is 4.56. The molecule has 2 rings (SSSR count). The molecule has 6 heteroatoms. The van der Waals surface area contributed by atoms with Gasteiger partial charge in [-0.25, -0.2) is 18.6 Å². The van der Waals surface area contributed by atoms with Gasteiger partial charge >= 0.3 is 5.97 Å². The van der Waals surface area contributed by atoms with Crippen LogP contribution in [0.25, 0.3) is 0 Å². The van der Waals surface area contributed by atoms with Crippen LogP contribution >= 0.6 is 0 Å². The lowest BCUT2D eigenvalue weighted by Crippen LogP contribution is -2.36. The van der Waals surface area contributed by atoms with Gasteiger partial charge in [0.1, 0.15) is 5.82 Å². The molecular weight excluding hydrogens is 242 g/mol. The molecule has 0 radical (unpaired) electrons. The summed E-state index contributed by atoms with van der Waals surface area (Å²) in [6.45, 7) is 0.525. The molecule has 1 saturated carbocycles. The van der Waals surface area contributed by atoms with E-state index in [-0.39, 0.29) is 24.5 Å². The van der Waals surface area contributed by atoms with Gasteiger partial charge in [0, 0.05) is 19.4 Å². The van der Waals surface area contributed by atoms with Crippen LogP contribution in [0.1, 0.15) is 29.8 Å². The molecule has 1 heterocycles. The number of rotatable bonds is 5. The van der Waals surface area contributed by atoms with Crippen LogP contribution in [-0.2, 0) is 0 Å². The Labute approximate surface area is 103 Å². The first-order valence-corrected chi connectivity index (χ1v) is 5.78. The first-order valence-electron chi connectivity index (χ1n) is 5.78. The minimum atomic E-state index is -2.48. The van der Waals surface area contributed by atoms with Crippen molar-refractivity contribution in [2.75, 3.05) is 11.9 Å². The molecule has 0 aromatic carbocycles. The number of anilines is 1. The predicted molar refractivity (Wildman–Crippen MR) is 62.0 cm³/mol.